The highest BCUT2D eigenvalue weighted by molar-refractivity contribution is 9.10. The predicted octanol–water partition coefficient (Wildman–Crippen LogP) is 4.92. The lowest BCUT2D eigenvalue weighted by Gasteiger charge is -2.11. The first kappa shape index (κ1) is 14.4. The van der Waals surface area contributed by atoms with Crippen LogP contribution in [-0.4, -0.2) is 9.97 Å². The largest absolute Gasteiger partial charge is 0.346 e. The third kappa shape index (κ3) is 3.51. The molecule has 0 aliphatic rings. The Kier molecular flexibility index (Phi) is 4.53. The van der Waals surface area contributed by atoms with Crippen molar-refractivity contribution in [1.29, 1.82) is 0 Å². The minimum absolute atomic E-state index is 0.385. The summed E-state index contributed by atoms with van der Waals surface area (Å²) < 4.78 is 1.54. The normalized spacial score (nSPS) is 11.0. The van der Waals surface area contributed by atoms with Gasteiger partial charge in [-0.25, -0.2) is 4.98 Å². The summed E-state index contributed by atoms with van der Waals surface area (Å²) in [5.41, 5.74) is 3.62. The molecule has 0 aliphatic carbocycles. The van der Waals surface area contributed by atoms with Gasteiger partial charge in [0.25, 0.3) is 0 Å². The van der Waals surface area contributed by atoms with E-state index < -0.39 is 0 Å². The molecule has 0 fully saturated rings. The SMILES string of the molecule is Cc1cccc(Cc2nc(=S)c(Br)c(C(C)C)[nH]2)c1. The van der Waals surface area contributed by atoms with Gasteiger partial charge < -0.3 is 4.98 Å². The van der Waals surface area contributed by atoms with E-state index in [1.54, 1.807) is 0 Å². The minimum atomic E-state index is 0.385. The van der Waals surface area contributed by atoms with Gasteiger partial charge in [0.15, 0.2) is 0 Å². The van der Waals surface area contributed by atoms with Crippen LogP contribution in [0.5, 0.6) is 0 Å². The molecule has 4 heteroatoms. The van der Waals surface area contributed by atoms with Gasteiger partial charge in [-0.3, -0.25) is 0 Å². The van der Waals surface area contributed by atoms with E-state index in [2.05, 4.69) is 70.9 Å². The number of halogens is 1. The zero-order chi connectivity index (χ0) is 14.0. The quantitative estimate of drug-likeness (QED) is 0.805. The summed E-state index contributed by atoms with van der Waals surface area (Å²) in [7, 11) is 0. The van der Waals surface area contributed by atoms with E-state index in [0.717, 1.165) is 22.4 Å². The van der Waals surface area contributed by atoms with Crippen molar-refractivity contribution in [3.63, 3.8) is 0 Å². The van der Waals surface area contributed by atoms with Crippen molar-refractivity contribution in [2.24, 2.45) is 0 Å². The van der Waals surface area contributed by atoms with Crippen LogP contribution in [0.4, 0.5) is 0 Å². The molecule has 1 heterocycles. The Hall–Kier alpha value is -1.00. The molecule has 0 bridgehead atoms. The number of rotatable bonds is 3. The van der Waals surface area contributed by atoms with Crippen LogP contribution in [0.2, 0.25) is 0 Å². The van der Waals surface area contributed by atoms with E-state index in [-0.39, 0.29) is 0 Å². The van der Waals surface area contributed by atoms with Crippen LogP contribution in [0, 0.1) is 11.6 Å². The number of aromatic amines is 1. The molecule has 0 radical (unpaired) electrons. The maximum absolute atomic E-state index is 5.31. The number of H-pyrrole nitrogens is 1. The monoisotopic (exact) mass is 336 g/mol. The van der Waals surface area contributed by atoms with Crippen molar-refractivity contribution in [3.8, 4) is 0 Å². The van der Waals surface area contributed by atoms with Crippen molar-refractivity contribution < 1.29 is 0 Å². The molecule has 0 atom stereocenters. The fourth-order valence-electron chi connectivity index (χ4n) is 2.02. The topological polar surface area (TPSA) is 28.7 Å². The second kappa shape index (κ2) is 5.97. The first-order valence-corrected chi connectivity index (χ1v) is 7.51. The van der Waals surface area contributed by atoms with Crippen LogP contribution in [-0.2, 0) is 6.42 Å². The first-order chi connectivity index (χ1) is 8.97. The minimum Gasteiger partial charge on any atom is -0.346 e. The predicted molar refractivity (Wildman–Crippen MR) is 85.2 cm³/mol. The van der Waals surface area contributed by atoms with E-state index in [0.29, 0.717) is 10.6 Å². The molecule has 0 saturated carbocycles. The fourth-order valence-corrected chi connectivity index (χ4v) is 2.89. The summed E-state index contributed by atoms with van der Waals surface area (Å²) >= 11 is 8.83. The molecule has 2 nitrogen and oxygen atoms in total. The molecule has 0 aliphatic heterocycles. The molecular weight excluding hydrogens is 320 g/mol. The van der Waals surface area contributed by atoms with Gasteiger partial charge in [-0.15, -0.1) is 0 Å². The standard InChI is InChI=1S/C15H17BrN2S/c1-9(2)14-13(16)15(19)18-12(17-14)8-11-6-4-5-10(3)7-11/h4-7,9H,8H2,1-3H3,(H,17,18,19). The summed E-state index contributed by atoms with van der Waals surface area (Å²) in [5.74, 6) is 1.30. The summed E-state index contributed by atoms with van der Waals surface area (Å²) in [5, 5.41) is 0. The molecule has 0 spiro atoms. The molecule has 1 aromatic heterocycles. The Morgan fingerprint density at radius 2 is 2.11 bits per heavy atom. The Labute approximate surface area is 127 Å². The van der Waals surface area contributed by atoms with Gasteiger partial charge in [0.1, 0.15) is 10.5 Å². The maximum Gasteiger partial charge on any atom is 0.144 e. The average molecular weight is 337 g/mol. The molecule has 1 N–H and O–H groups in total. The molecule has 19 heavy (non-hydrogen) atoms. The van der Waals surface area contributed by atoms with Gasteiger partial charge in [-0.1, -0.05) is 55.9 Å². The van der Waals surface area contributed by atoms with Crippen LogP contribution in [0.25, 0.3) is 0 Å². The summed E-state index contributed by atoms with van der Waals surface area (Å²) in [4.78, 5) is 7.85. The molecule has 0 saturated heterocycles. The van der Waals surface area contributed by atoms with E-state index in [9.17, 15) is 0 Å². The number of nitrogens with zero attached hydrogens (tertiary/aromatic N) is 1. The van der Waals surface area contributed by atoms with Crippen molar-refractivity contribution in [2.75, 3.05) is 0 Å². The molecule has 2 rings (SSSR count). The third-order valence-corrected chi connectivity index (χ3v) is 4.33. The second-order valence-electron chi connectivity index (χ2n) is 5.04. The Bertz CT molecular complexity index is 647. The number of aromatic nitrogens is 2. The Balaban J connectivity index is 2.39. The summed E-state index contributed by atoms with van der Waals surface area (Å²) in [6, 6.07) is 8.46. The average Bonchev–Trinajstić information content (AvgIpc) is 2.33. The van der Waals surface area contributed by atoms with E-state index in [4.69, 9.17) is 12.2 Å². The van der Waals surface area contributed by atoms with Gasteiger partial charge >= 0.3 is 0 Å². The van der Waals surface area contributed by atoms with Crippen molar-refractivity contribution >= 4 is 28.1 Å². The number of benzene rings is 1. The highest BCUT2D eigenvalue weighted by atomic mass is 79.9. The van der Waals surface area contributed by atoms with Crippen LogP contribution < -0.4 is 0 Å². The van der Waals surface area contributed by atoms with Gasteiger partial charge in [0, 0.05) is 12.1 Å². The maximum atomic E-state index is 5.31. The molecule has 0 amide bonds. The molecule has 0 unspecified atom stereocenters. The van der Waals surface area contributed by atoms with Crippen LogP contribution in [0.3, 0.4) is 0 Å². The van der Waals surface area contributed by atoms with Gasteiger partial charge in [0.2, 0.25) is 0 Å². The van der Waals surface area contributed by atoms with E-state index in [1.807, 2.05) is 0 Å². The summed E-state index contributed by atoms with van der Waals surface area (Å²) in [6.07, 6.45) is 0.776. The molecule has 100 valence electrons. The summed E-state index contributed by atoms with van der Waals surface area (Å²) in [6.45, 7) is 6.38. The molecule has 2 aromatic rings. The first-order valence-electron chi connectivity index (χ1n) is 6.31. The second-order valence-corrected chi connectivity index (χ2v) is 6.22. The lowest BCUT2D eigenvalue weighted by atomic mass is 10.1. The van der Waals surface area contributed by atoms with E-state index >= 15 is 0 Å². The number of hydrogen-bond donors (Lipinski definition) is 1. The van der Waals surface area contributed by atoms with Gasteiger partial charge in [-0.2, -0.15) is 0 Å². The highest BCUT2D eigenvalue weighted by Crippen LogP contribution is 2.23. The number of hydrogen-bond acceptors (Lipinski definition) is 2. The number of nitrogens with one attached hydrogen (secondary N) is 1. The highest BCUT2D eigenvalue weighted by Gasteiger charge is 2.10. The Morgan fingerprint density at radius 3 is 2.74 bits per heavy atom. The van der Waals surface area contributed by atoms with Crippen LogP contribution in [0.15, 0.2) is 28.7 Å². The third-order valence-electron chi connectivity index (χ3n) is 2.97. The van der Waals surface area contributed by atoms with Crippen molar-refractivity contribution in [2.45, 2.75) is 33.1 Å². The lowest BCUT2D eigenvalue weighted by molar-refractivity contribution is 0.780. The van der Waals surface area contributed by atoms with Crippen LogP contribution in [0.1, 0.15) is 42.4 Å². The molecular formula is C15H17BrN2S. The van der Waals surface area contributed by atoms with Gasteiger partial charge in [0.05, 0.1) is 4.47 Å². The fraction of sp³-hybridized carbons (Fsp3) is 0.333. The van der Waals surface area contributed by atoms with Crippen molar-refractivity contribution in [1.82, 2.24) is 9.97 Å². The van der Waals surface area contributed by atoms with Crippen LogP contribution >= 0.6 is 28.1 Å². The molecule has 1 aromatic carbocycles. The number of aryl methyl sites for hydroxylation is 1. The van der Waals surface area contributed by atoms with Crippen molar-refractivity contribution in [3.05, 3.63) is 56.0 Å². The van der Waals surface area contributed by atoms with E-state index in [1.165, 1.54) is 11.1 Å². The lowest BCUT2D eigenvalue weighted by Crippen LogP contribution is -2.04. The zero-order valence-electron chi connectivity index (χ0n) is 11.3. The van der Waals surface area contributed by atoms with Gasteiger partial charge in [-0.05, 0) is 34.3 Å². The smallest absolute Gasteiger partial charge is 0.144 e. The zero-order valence-corrected chi connectivity index (χ0v) is 13.7. The Morgan fingerprint density at radius 1 is 1.37 bits per heavy atom.